The van der Waals surface area contributed by atoms with E-state index in [2.05, 4.69) is 19.2 Å². The maximum atomic E-state index is 13.9. The van der Waals surface area contributed by atoms with Gasteiger partial charge in [0.1, 0.15) is 5.82 Å². The lowest BCUT2D eigenvalue weighted by atomic mass is 9.93. The molecule has 3 heteroatoms. The minimum atomic E-state index is -0.184. The Bertz CT molecular complexity index is 445. The highest BCUT2D eigenvalue weighted by molar-refractivity contribution is 6.31. The van der Waals surface area contributed by atoms with Crippen LogP contribution in [0.5, 0.6) is 0 Å². The van der Waals surface area contributed by atoms with Gasteiger partial charge in [0.2, 0.25) is 0 Å². The normalized spacial score (nSPS) is 23.6. The third-order valence-corrected chi connectivity index (χ3v) is 4.29. The molecule has 2 atom stereocenters. The van der Waals surface area contributed by atoms with Crippen LogP contribution in [0, 0.1) is 18.7 Å². The molecular weight excluding hydrogens is 249 g/mol. The van der Waals surface area contributed by atoms with E-state index >= 15 is 0 Å². The Morgan fingerprint density at radius 3 is 2.89 bits per heavy atom. The molecule has 2 unspecified atom stereocenters. The second-order valence-corrected chi connectivity index (χ2v) is 5.75. The number of nitrogens with one attached hydrogen (secondary N) is 1. The minimum Gasteiger partial charge on any atom is -0.310 e. The summed E-state index contributed by atoms with van der Waals surface area (Å²) < 4.78 is 13.9. The van der Waals surface area contributed by atoms with Gasteiger partial charge >= 0.3 is 0 Å². The van der Waals surface area contributed by atoms with Crippen molar-refractivity contribution < 1.29 is 4.39 Å². The Morgan fingerprint density at radius 2 is 2.22 bits per heavy atom. The number of benzene rings is 1. The van der Waals surface area contributed by atoms with Crippen LogP contribution in [0.4, 0.5) is 4.39 Å². The molecule has 0 saturated carbocycles. The Balaban J connectivity index is 2.54. The molecule has 18 heavy (non-hydrogen) atoms. The van der Waals surface area contributed by atoms with Crippen LogP contribution in [0.25, 0.3) is 0 Å². The van der Waals surface area contributed by atoms with E-state index in [4.69, 9.17) is 11.6 Å². The van der Waals surface area contributed by atoms with Gasteiger partial charge < -0.3 is 5.32 Å². The van der Waals surface area contributed by atoms with E-state index in [-0.39, 0.29) is 11.9 Å². The van der Waals surface area contributed by atoms with Crippen LogP contribution >= 0.6 is 11.6 Å². The number of hydrogen-bond donors (Lipinski definition) is 1. The van der Waals surface area contributed by atoms with E-state index in [1.807, 2.05) is 6.92 Å². The van der Waals surface area contributed by atoms with Gasteiger partial charge in [-0.1, -0.05) is 25.4 Å². The summed E-state index contributed by atoms with van der Waals surface area (Å²) in [5.74, 6) is 0.455. The monoisotopic (exact) mass is 269 g/mol. The van der Waals surface area contributed by atoms with Gasteiger partial charge in [-0.2, -0.15) is 0 Å². The topological polar surface area (TPSA) is 12.0 Å². The van der Waals surface area contributed by atoms with Crippen LogP contribution < -0.4 is 5.32 Å². The molecule has 0 spiro atoms. The Hall–Kier alpha value is -0.600. The standard InChI is InChI=1S/C15H21ClFN/c1-4-18-14-7-9(2)5-6-11-12(16)8-13(17)10(3)15(11)14/h8-9,14,18H,4-7H2,1-3H3. The largest absolute Gasteiger partial charge is 0.310 e. The summed E-state index contributed by atoms with van der Waals surface area (Å²) in [6, 6.07) is 1.70. The predicted octanol–water partition coefficient (Wildman–Crippen LogP) is 4.41. The zero-order valence-corrected chi connectivity index (χ0v) is 12.1. The van der Waals surface area contributed by atoms with Gasteiger partial charge in [-0.3, -0.25) is 0 Å². The Labute approximate surface area is 114 Å². The van der Waals surface area contributed by atoms with Gasteiger partial charge in [-0.25, -0.2) is 4.39 Å². The fourth-order valence-corrected chi connectivity index (χ4v) is 3.27. The lowest BCUT2D eigenvalue weighted by Crippen LogP contribution is -2.23. The third kappa shape index (κ3) is 2.55. The molecular formula is C15H21ClFN. The van der Waals surface area contributed by atoms with Gasteiger partial charge in [0.15, 0.2) is 0 Å². The van der Waals surface area contributed by atoms with Gasteiger partial charge in [0.25, 0.3) is 0 Å². The van der Waals surface area contributed by atoms with E-state index in [0.717, 1.165) is 42.5 Å². The number of fused-ring (bicyclic) bond motifs is 1. The van der Waals surface area contributed by atoms with Crippen molar-refractivity contribution in [1.29, 1.82) is 0 Å². The predicted molar refractivity (Wildman–Crippen MR) is 74.7 cm³/mol. The van der Waals surface area contributed by atoms with Crippen molar-refractivity contribution in [2.24, 2.45) is 5.92 Å². The average molecular weight is 270 g/mol. The highest BCUT2D eigenvalue weighted by Crippen LogP contribution is 2.38. The fraction of sp³-hybridized carbons (Fsp3) is 0.600. The molecule has 100 valence electrons. The maximum absolute atomic E-state index is 13.9. The molecule has 0 fully saturated rings. The van der Waals surface area contributed by atoms with Crippen LogP contribution in [0.1, 0.15) is 49.4 Å². The van der Waals surface area contributed by atoms with Crippen molar-refractivity contribution >= 4 is 11.6 Å². The van der Waals surface area contributed by atoms with E-state index in [9.17, 15) is 4.39 Å². The average Bonchev–Trinajstić information content (AvgIpc) is 2.47. The molecule has 1 aliphatic carbocycles. The zero-order chi connectivity index (χ0) is 13.3. The van der Waals surface area contributed by atoms with Gasteiger partial charge in [0.05, 0.1) is 0 Å². The molecule has 0 heterocycles. The first-order valence-corrected chi connectivity index (χ1v) is 7.13. The minimum absolute atomic E-state index is 0.184. The summed E-state index contributed by atoms with van der Waals surface area (Å²) >= 11 is 6.24. The molecule has 1 aromatic carbocycles. The summed E-state index contributed by atoms with van der Waals surface area (Å²) in [6.07, 6.45) is 3.14. The van der Waals surface area contributed by atoms with E-state index in [0.29, 0.717) is 10.9 Å². The lowest BCUT2D eigenvalue weighted by Gasteiger charge is -2.23. The number of halogens is 2. The van der Waals surface area contributed by atoms with Crippen LogP contribution in [0.2, 0.25) is 5.02 Å². The first kappa shape index (κ1) is 13.8. The van der Waals surface area contributed by atoms with Crippen molar-refractivity contribution in [3.05, 3.63) is 33.6 Å². The molecule has 2 rings (SSSR count). The molecule has 0 amide bonds. The van der Waals surface area contributed by atoms with Crippen molar-refractivity contribution in [3.63, 3.8) is 0 Å². The molecule has 1 nitrogen and oxygen atoms in total. The molecule has 1 N–H and O–H groups in total. The van der Waals surface area contributed by atoms with Crippen LogP contribution in [0.15, 0.2) is 6.07 Å². The SMILES string of the molecule is CCNC1CC(C)CCc2c(Cl)cc(F)c(C)c21. The van der Waals surface area contributed by atoms with Crippen molar-refractivity contribution in [2.75, 3.05) is 6.54 Å². The first-order chi connectivity index (χ1) is 8.54. The summed E-state index contributed by atoms with van der Waals surface area (Å²) in [7, 11) is 0. The fourth-order valence-electron chi connectivity index (χ4n) is 2.98. The summed E-state index contributed by atoms with van der Waals surface area (Å²) in [6.45, 7) is 7.11. The second kappa shape index (κ2) is 5.58. The van der Waals surface area contributed by atoms with Crippen molar-refractivity contribution in [1.82, 2.24) is 5.32 Å². The lowest BCUT2D eigenvalue weighted by molar-refractivity contribution is 0.413. The molecule has 0 saturated heterocycles. The first-order valence-electron chi connectivity index (χ1n) is 6.75. The van der Waals surface area contributed by atoms with E-state index < -0.39 is 0 Å². The number of rotatable bonds is 2. The summed E-state index contributed by atoms with van der Waals surface area (Å²) in [4.78, 5) is 0. The number of hydrogen-bond acceptors (Lipinski definition) is 1. The maximum Gasteiger partial charge on any atom is 0.127 e. The van der Waals surface area contributed by atoms with Crippen LogP contribution in [-0.2, 0) is 6.42 Å². The molecule has 0 aliphatic heterocycles. The molecule has 0 bridgehead atoms. The Kier molecular flexibility index (Phi) is 4.29. The van der Waals surface area contributed by atoms with Crippen LogP contribution in [0.3, 0.4) is 0 Å². The van der Waals surface area contributed by atoms with Crippen LogP contribution in [-0.4, -0.2) is 6.54 Å². The molecule has 1 aromatic rings. The smallest absolute Gasteiger partial charge is 0.127 e. The second-order valence-electron chi connectivity index (χ2n) is 5.35. The highest BCUT2D eigenvalue weighted by atomic mass is 35.5. The van der Waals surface area contributed by atoms with Gasteiger partial charge in [0, 0.05) is 11.1 Å². The van der Waals surface area contributed by atoms with E-state index in [1.54, 1.807) is 0 Å². The zero-order valence-electron chi connectivity index (χ0n) is 11.3. The molecule has 1 aliphatic rings. The molecule has 0 radical (unpaired) electrons. The third-order valence-electron chi connectivity index (χ3n) is 3.95. The quantitative estimate of drug-likeness (QED) is 0.784. The van der Waals surface area contributed by atoms with Crippen molar-refractivity contribution in [3.8, 4) is 0 Å². The van der Waals surface area contributed by atoms with Crippen molar-refractivity contribution in [2.45, 2.75) is 46.1 Å². The molecule has 0 aromatic heterocycles. The highest BCUT2D eigenvalue weighted by Gasteiger charge is 2.26. The Morgan fingerprint density at radius 1 is 1.50 bits per heavy atom. The van der Waals surface area contributed by atoms with E-state index in [1.165, 1.54) is 6.07 Å². The van der Waals surface area contributed by atoms with Gasteiger partial charge in [-0.05, 0) is 61.4 Å². The summed E-state index contributed by atoms with van der Waals surface area (Å²) in [5.41, 5.74) is 3.01. The summed E-state index contributed by atoms with van der Waals surface area (Å²) in [5, 5.41) is 4.07. The van der Waals surface area contributed by atoms with Gasteiger partial charge in [-0.15, -0.1) is 0 Å².